The number of benzene rings is 15. The van der Waals surface area contributed by atoms with E-state index in [-0.39, 0.29) is 55.4 Å². The standard InChI is InChI=1S/C126H131BN4/c1-118(2,3)84-46-34-78(35-47-84)97-30-28-31-98(79-36-48-85(49-37-79)119(4,5)6)115(97)82-42-58-93(59-43-82)128-111-76-95(130-107-66-54-88(122(13,14)15)70-101(107)102-71-89(123(16,17)18)55-67-108(102)130)62-64-105(111)127-106-65-63-96(131-109-68-56-90(124(19,20)21)72-103(109)104-73-91(125(22,23)24)57-69-110(104)131)77-112(106)129(114-75-92(126(25,26)27)74-113(128)117(114)127)94-60-44-83(45-61-94)116-99(80-38-50-86(51-39-80)120(7,8)9)32-29-33-100(116)81-40-52-87(53-41-81)121(10,11)12/h28-77H,1-27H3. The zero-order valence-electron chi connectivity index (χ0n) is 82.7. The fourth-order valence-corrected chi connectivity index (χ4v) is 20.5. The second kappa shape index (κ2) is 31.1. The molecule has 0 saturated heterocycles. The SMILES string of the molecule is CC(C)(C)c1ccc(-c2cccc(-c3ccc(C(C)(C)C)cc3)c2-c2ccc(N3c4cc(-n5c6ccc(C(C)(C)C)cc6c6cc(C(C)(C)C)ccc65)ccc4B4c5ccc(-n6c7ccc(C(C)(C)C)cc7c7cc(C(C)(C)C)ccc76)cc5N(c5ccc(-c6c(-c7ccc(C(C)(C)C)cc7)cccc6-c6ccc(C(C)(C)C)cc6)cc5)c5cc(C(C)(C)C)cc3c54)cc2)cc1. The normalized spacial score (nSPS) is 13.6. The summed E-state index contributed by atoms with van der Waals surface area (Å²) in [4.78, 5) is 5.33. The predicted molar refractivity (Wildman–Crippen MR) is 570 cm³/mol. The Hall–Kier alpha value is -12.4. The lowest BCUT2D eigenvalue weighted by atomic mass is 9.33. The van der Waals surface area contributed by atoms with E-state index in [0.29, 0.717) is 0 Å². The number of rotatable bonds is 10. The molecule has 0 aliphatic carbocycles. The Labute approximate surface area is 781 Å². The van der Waals surface area contributed by atoms with Gasteiger partial charge in [-0.25, -0.2) is 0 Å². The molecule has 5 heteroatoms. The number of anilines is 6. The van der Waals surface area contributed by atoms with Crippen molar-refractivity contribution < 1.29 is 0 Å². The molecule has 131 heavy (non-hydrogen) atoms. The van der Waals surface area contributed by atoms with Crippen LogP contribution in [0.3, 0.4) is 0 Å². The van der Waals surface area contributed by atoms with Crippen LogP contribution in [0, 0.1) is 0 Å². The molecule has 2 aromatic heterocycles. The molecule has 15 aromatic carbocycles. The Bertz CT molecular complexity index is 6640. The average molecular weight is 1710 g/mol. The molecule has 0 N–H and O–H groups in total. The maximum Gasteiger partial charge on any atom is 0.252 e. The van der Waals surface area contributed by atoms with Crippen molar-refractivity contribution in [3.63, 3.8) is 0 Å². The van der Waals surface area contributed by atoms with Crippen molar-refractivity contribution in [2.24, 2.45) is 0 Å². The Kier molecular flexibility index (Phi) is 20.9. The number of nitrogens with zero attached hydrogens (tertiary/aromatic N) is 4. The highest BCUT2D eigenvalue weighted by molar-refractivity contribution is 7.00. The highest BCUT2D eigenvalue weighted by Crippen LogP contribution is 2.53. The zero-order valence-corrected chi connectivity index (χ0v) is 82.7. The van der Waals surface area contributed by atoms with E-state index in [1.54, 1.807) is 0 Å². The number of aromatic nitrogens is 2. The molecule has 4 heterocycles. The van der Waals surface area contributed by atoms with Gasteiger partial charge in [-0.3, -0.25) is 0 Å². The minimum absolute atomic E-state index is 0.00197. The first-order chi connectivity index (χ1) is 61.6. The van der Waals surface area contributed by atoms with Gasteiger partial charge < -0.3 is 18.9 Å². The van der Waals surface area contributed by atoms with Crippen LogP contribution in [0.15, 0.2) is 303 Å². The Morgan fingerprint density at radius 1 is 0.183 bits per heavy atom. The van der Waals surface area contributed by atoms with Gasteiger partial charge in [-0.15, -0.1) is 0 Å². The van der Waals surface area contributed by atoms with Crippen molar-refractivity contribution in [1.29, 1.82) is 0 Å². The Morgan fingerprint density at radius 3 is 0.641 bits per heavy atom. The van der Waals surface area contributed by atoms with Crippen molar-refractivity contribution in [2.45, 2.75) is 236 Å². The minimum Gasteiger partial charge on any atom is -0.311 e. The fourth-order valence-electron chi connectivity index (χ4n) is 20.5. The largest absolute Gasteiger partial charge is 0.311 e. The van der Waals surface area contributed by atoms with Gasteiger partial charge in [0.15, 0.2) is 0 Å². The first kappa shape index (κ1) is 87.9. The molecular formula is C126H131BN4. The van der Waals surface area contributed by atoms with Crippen LogP contribution < -0.4 is 26.2 Å². The summed E-state index contributed by atoms with van der Waals surface area (Å²) in [5, 5.41) is 5.07. The maximum atomic E-state index is 2.66. The molecule has 0 radical (unpaired) electrons. The van der Waals surface area contributed by atoms with E-state index in [1.165, 1.54) is 166 Å². The Balaban J connectivity index is 0.887. The van der Waals surface area contributed by atoms with Gasteiger partial charge in [-0.1, -0.05) is 381 Å². The lowest BCUT2D eigenvalue weighted by Crippen LogP contribution is -2.61. The molecule has 2 aliphatic heterocycles. The van der Waals surface area contributed by atoms with Crippen LogP contribution in [0.2, 0.25) is 0 Å². The highest BCUT2D eigenvalue weighted by atomic mass is 15.2. The minimum atomic E-state index is -0.315. The Morgan fingerprint density at radius 2 is 0.405 bits per heavy atom. The molecule has 4 nitrogen and oxygen atoms in total. The second-order valence-corrected chi connectivity index (χ2v) is 47.2. The van der Waals surface area contributed by atoms with Crippen molar-refractivity contribution in [3.05, 3.63) is 353 Å². The molecule has 0 spiro atoms. The van der Waals surface area contributed by atoms with Gasteiger partial charge in [0.2, 0.25) is 0 Å². The van der Waals surface area contributed by atoms with Crippen molar-refractivity contribution in [2.75, 3.05) is 9.80 Å². The molecule has 19 rings (SSSR count). The highest BCUT2D eigenvalue weighted by Gasteiger charge is 2.45. The molecule has 0 bridgehead atoms. The van der Waals surface area contributed by atoms with Gasteiger partial charge in [-0.05, 0) is 291 Å². The summed E-state index contributed by atoms with van der Waals surface area (Å²) in [6.07, 6.45) is 0. The van der Waals surface area contributed by atoms with E-state index in [4.69, 9.17) is 0 Å². The summed E-state index contributed by atoms with van der Waals surface area (Å²) in [6.45, 7) is 62.8. The zero-order chi connectivity index (χ0) is 92.8. The summed E-state index contributed by atoms with van der Waals surface area (Å²) in [6, 6.07) is 120. The molecule has 0 atom stereocenters. The monoisotopic (exact) mass is 1710 g/mol. The van der Waals surface area contributed by atoms with E-state index in [9.17, 15) is 0 Å². The van der Waals surface area contributed by atoms with Gasteiger partial charge in [-0.2, -0.15) is 0 Å². The summed E-state index contributed by atoms with van der Waals surface area (Å²) in [7, 11) is 0. The molecule has 0 fully saturated rings. The van der Waals surface area contributed by atoms with E-state index >= 15 is 0 Å². The van der Waals surface area contributed by atoms with Crippen LogP contribution in [-0.4, -0.2) is 15.8 Å². The van der Waals surface area contributed by atoms with Crippen LogP contribution in [-0.2, 0) is 48.7 Å². The average Bonchev–Trinajstić information content (AvgIpc) is 1.37. The quantitative estimate of drug-likeness (QED) is 0.127. The third-order valence-corrected chi connectivity index (χ3v) is 28.6. The predicted octanol–water partition coefficient (Wildman–Crippen LogP) is 33.6. The summed E-state index contributed by atoms with van der Waals surface area (Å²) >= 11 is 0. The van der Waals surface area contributed by atoms with Crippen LogP contribution in [0.5, 0.6) is 0 Å². The van der Waals surface area contributed by atoms with Gasteiger partial charge in [0, 0.05) is 67.0 Å². The van der Waals surface area contributed by atoms with Crippen LogP contribution in [0.1, 0.15) is 237 Å². The van der Waals surface area contributed by atoms with Crippen molar-refractivity contribution in [3.8, 4) is 78.1 Å². The van der Waals surface area contributed by atoms with Gasteiger partial charge in [0.05, 0.1) is 22.1 Å². The number of hydrogen-bond donors (Lipinski definition) is 0. The second-order valence-electron chi connectivity index (χ2n) is 47.2. The van der Waals surface area contributed by atoms with Gasteiger partial charge in [0.25, 0.3) is 6.71 Å². The molecule has 0 saturated carbocycles. The fraction of sp³-hybridized carbons (Fsp3) is 0.286. The first-order valence-corrected chi connectivity index (χ1v) is 47.8. The van der Waals surface area contributed by atoms with Crippen molar-refractivity contribution >= 4 is 101 Å². The smallest absolute Gasteiger partial charge is 0.252 e. The number of hydrogen-bond acceptors (Lipinski definition) is 2. The third-order valence-electron chi connectivity index (χ3n) is 28.6. The maximum absolute atomic E-state index is 2.66. The van der Waals surface area contributed by atoms with Crippen LogP contribution in [0.4, 0.5) is 34.1 Å². The molecule has 17 aromatic rings. The molecular weight excluding hydrogens is 1580 g/mol. The molecule has 658 valence electrons. The van der Waals surface area contributed by atoms with E-state index in [0.717, 1.165) is 56.6 Å². The van der Waals surface area contributed by atoms with Crippen molar-refractivity contribution in [1.82, 2.24) is 9.13 Å². The van der Waals surface area contributed by atoms with Gasteiger partial charge in [0.1, 0.15) is 0 Å². The van der Waals surface area contributed by atoms with E-state index < -0.39 is 0 Å². The summed E-state index contributed by atoms with van der Waals surface area (Å²) < 4.78 is 5.13. The first-order valence-electron chi connectivity index (χ1n) is 47.8. The topological polar surface area (TPSA) is 16.3 Å². The van der Waals surface area contributed by atoms with E-state index in [2.05, 4.69) is 509 Å². The molecule has 2 aliphatic rings. The van der Waals surface area contributed by atoms with Gasteiger partial charge >= 0.3 is 0 Å². The lowest BCUT2D eigenvalue weighted by molar-refractivity contribution is 0.590. The lowest BCUT2D eigenvalue weighted by Gasteiger charge is -2.45. The van der Waals surface area contributed by atoms with Crippen LogP contribution >= 0.6 is 0 Å². The van der Waals surface area contributed by atoms with E-state index in [1.807, 2.05) is 0 Å². The summed E-state index contributed by atoms with van der Waals surface area (Å²) in [5.41, 5.74) is 43.0. The third kappa shape index (κ3) is 15.8. The molecule has 0 unspecified atom stereocenters. The number of fused-ring (bicyclic) bond motifs is 10. The van der Waals surface area contributed by atoms with Crippen LogP contribution in [0.25, 0.3) is 122 Å². The summed E-state index contributed by atoms with van der Waals surface area (Å²) in [5.74, 6) is 0. The molecule has 0 amide bonds.